The largest absolute Gasteiger partial charge is 0.409 e. The van der Waals surface area contributed by atoms with Crippen molar-refractivity contribution in [3.63, 3.8) is 0 Å². The van der Waals surface area contributed by atoms with E-state index in [-0.39, 0.29) is 6.10 Å². The molecule has 1 N–H and O–H groups in total. The van der Waals surface area contributed by atoms with Crippen LogP contribution in [0, 0.1) is 0 Å². The molecule has 4 nitrogen and oxygen atoms in total. The SMILES string of the molecule is CC(=NCC(O[Si](C)(C)C)c1ccccc1)c1cnc[nH]1. The van der Waals surface area contributed by atoms with Gasteiger partial charge in [0, 0.05) is 0 Å². The third-order valence-corrected chi connectivity index (χ3v) is 4.04. The molecule has 0 aliphatic carbocycles. The Morgan fingerprint density at radius 3 is 2.57 bits per heavy atom. The molecule has 112 valence electrons. The van der Waals surface area contributed by atoms with Gasteiger partial charge in [-0.2, -0.15) is 0 Å². The lowest BCUT2D eigenvalue weighted by molar-refractivity contribution is 0.207. The number of aromatic amines is 1. The minimum atomic E-state index is -1.63. The molecule has 0 saturated carbocycles. The molecular formula is C16H23N3OSi. The topological polar surface area (TPSA) is 50.3 Å². The van der Waals surface area contributed by atoms with Crippen LogP contribution in [0.2, 0.25) is 19.6 Å². The first kappa shape index (κ1) is 15.7. The lowest BCUT2D eigenvalue weighted by Crippen LogP contribution is -2.29. The Kier molecular flexibility index (Phi) is 5.09. The predicted molar refractivity (Wildman–Crippen MR) is 89.3 cm³/mol. The van der Waals surface area contributed by atoms with Crippen molar-refractivity contribution in [3.8, 4) is 0 Å². The summed E-state index contributed by atoms with van der Waals surface area (Å²) in [5.41, 5.74) is 3.09. The molecule has 5 heteroatoms. The predicted octanol–water partition coefficient (Wildman–Crippen LogP) is 3.81. The molecule has 1 unspecified atom stereocenters. The standard InChI is InChI=1S/C16H23N3OSi/c1-13(15-10-17-12-19-15)18-11-16(20-21(2,3)4)14-8-6-5-7-9-14/h5-10,12,16H,11H2,1-4H3,(H,17,19). The molecule has 21 heavy (non-hydrogen) atoms. The number of benzene rings is 1. The highest BCUT2D eigenvalue weighted by atomic mass is 28.4. The maximum atomic E-state index is 6.30. The maximum Gasteiger partial charge on any atom is 0.184 e. The van der Waals surface area contributed by atoms with Crippen LogP contribution in [-0.2, 0) is 4.43 Å². The number of aliphatic imine (C=N–C) groups is 1. The maximum absolute atomic E-state index is 6.30. The van der Waals surface area contributed by atoms with Crippen LogP contribution in [0.1, 0.15) is 24.3 Å². The van der Waals surface area contributed by atoms with Crippen molar-refractivity contribution in [2.24, 2.45) is 4.99 Å². The third kappa shape index (κ3) is 4.95. The van der Waals surface area contributed by atoms with E-state index in [2.05, 4.69) is 46.7 Å². The summed E-state index contributed by atoms with van der Waals surface area (Å²) in [5, 5.41) is 0. The van der Waals surface area contributed by atoms with Crippen molar-refractivity contribution >= 4 is 14.0 Å². The Morgan fingerprint density at radius 2 is 2.00 bits per heavy atom. The van der Waals surface area contributed by atoms with Crippen molar-refractivity contribution in [3.05, 3.63) is 54.1 Å². The van der Waals surface area contributed by atoms with Gasteiger partial charge in [-0.25, -0.2) is 4.98 Å². The molecule has 2 rings (SSSR count). The van der Waals surface area contributed by atoms with E-state index in [0.717, 1.165) is 11.4 Å². The molecule has 1 atom stereocenters. The van der Waals surface area contributed by atoms with Crippen LogP contribution in [0.4, 0.5) is 0 Å². The van der Waals surface area contributed by atoms with Crippen molar-refractivity contribution in [1.82, 2.24) is 9.97 Å². The average molecular weight is 301 g/mol. The van der Waals surface area contributed by atoms with E-state index in [1.807, 2.05) is 25.1 Å². The van der Waals surface area contributed by atoms with E-state index >= 15 is 0 Å². The highest BCUT2D eigenvalue weighted by molar-refractivity contribution is 6.69. The van der Waals surface area contributed by atoms with Crippen LogP contribution in [-0.4, -0.2) is 30.5 Å². The number of nitrogens with zero attached hydrogens (tertiary/aromatic N) is 2. The molecule has 0 saturated heterocycles. The Labute approximate surface area is 127 Å². The molecular weight excluding hydrogens is 278 g/mol. The normalized spacial score (nSPS) is 14.2. The van der Waals surface area contributed by atoms with Gasteiger partial charge in [-0.1, -0.05) is 30.3 Å². The summed E-state index contributed by atoms with van der Waals surface area (Å²) in [4.78, 5) is 11.8. The zero-order valence-corrected chi connectivity index (χ0v) is 14.1. The third-order valence-electron chi connectivity index (χ3n) is 3.05. The fourth-order valence-electron chi connectivity index (χ4n) is 2.06. The fraction of sp³-hybridized carbons (Fsp3) is 0.375. The van der Waals surface area contributed by atoms with Gasteiger partial charge in [-0.15, -0.1) is 0 Å². The number of rotatable bonds is 6. The summed E-state index contributed by atoms with van der Waals surface area (Å²) < 4.78 is 6.30. The molecule has 0 radical (unpaired) electrons. The van der Waals surface area contributed by atoms with E-state index in [1.165, 1.54) is 5.56 Å². The lowest BCUT2D eigenvalue weighted by atomic mass is 10.1. The van der Waals surface area contributed by atoms with Gasteiger partial charge in [-0.05, 0) is 32.1 Å². The van der Waals surface area contributed by atoms with Crippen LogP contribution in [0.5, 0.6) is 0 Å². The number of hydrogen-bond acceptors (Lipinski definition) is 3. The van der Waals surface area contributed by atoms with Gasteiger partial charge in [0.2, 0.25) is 0 Å². The summed E-state index contributed by atoms with van der Waals surface area (Å²) >= 11 is 0. The van der Waals surface area contributed by atoms with E-state index in [4.69, 9.17) is 4.43 Å². The molecule has 0 fully saturated rings. The van der Waals surface area contributed by atoms with Crippen molar-refractivity contribution in [2.75, 3.05) is 6.54 Å². The number of imidazole rings is 1. The Balaban J connectivity index is 2.15. The van der Waals surface area contributed by atoms with Gasteiger partial charge >= 0.3 is 0 Å². The molecule has 0 aliphatic heterocycles. The quantitative estimate of drug-likeness (QED) is 0.651. The second-order valence-corrected chi connectivity index (χ2v) is 10.5. The Hall–Kier alpha value is -1.72. The number of hydrogen-bond donors (Lipinski definition) is 1. The zero-order chi connectivity index (χ0) is 15.3. The van der Waals surface area contributed by atoms with Crippen LogP contribution >= 0.6 is 0 Å². The second kappa shape index (κ2) is 6.82. The molecule has 1 aromatic heterocycles. The summed E-state index contributed by atoms with van der Waals surface area (Å²) in [6.07, 6.45) is 3.47. The van der Waals surface area contributed by atoms with Crippen molar-refractivity contribution in [2.45, 2.75) is 32.7 Å². The van der Waals surface area contributed by atoms with E-state index in [1.54, 1.807) is 12.5 Å². The zero-order valence-electron chi connectivity index (χ0n) is 13.1. The first-order valence-corrected chi connectivity index (χ1v) is 10.6. The highest BCUT2D eigenvalue weighted by Crippen LogP contribution is 2.22. The van der Waals surface area contributed by atoms with Gasteiger partial charge in [0.15, 0.2) is 8.32 Å². The Bertz CT molecular complexity index is 573. The highest BCUT2D eigenvalue weighted by Gasteiger charge is 2.22. The first-order valence-electron chi connectivity index (χ1n) is 7.18. The minimum Gasteiger partial charge on any atom is -0.409 e. The van der Waals surface area contributed by atoms with Gasteiger partial charge < -0.3 is 9.41 Å². The average Bonchev–Trinajstić information content (AvgIpc) is 2.97. The number of H-pyrrole nitrogens is 1. The van der Waals surface area contributed by atoms with Gasteiger partial charge in [0.05, 0.1) is 36.6 Å². The van der Waals surface area contributed by atoms with E-state index in [9.17, 15) is 0 Å². The van der Waals surface area contributed by atoms with Crippen LogP contribution in [0.15, 0.2) is 47.8 Å². The van der Waals surface area contributed by atoms with Gasteiger partial charge in [-0.3, -0.25) is 4.99 Å². The Morgan fingerprint density at radius 1 is 1.29 bits per heavy atom. The summed E-state index contributed by atoms with van der Waals surface area (Å²) in [6, 6.07) is 10.3. The fourth-order valence-corrected chi connectivity index (χ4v) is 3.13. The summed E-state index contributed by atoms with van der Waals surface area (Å²) in [5.74, 6) is 0. The molecule has 1 aromatic carbocycles. The van der Waals surface area contributed by atoms with Crippen LogP contribution < -0.4 is 0 Å². The molecule has 2 aromatic rings. The minimum absolute atomic E-state index is 0.00994. The van der Waals surface area contributed by atoms with Crippen molar-refractivity contribution in [1.29, 1.82) is 0 Å². The monoisotopic (exact) mass is 301 g/mol. The molecule has 0 spiro atoms. The summed E-state index contributed by atoms with van der Waals surface area (Å²) in [7, 11) is -1.63. The first-order chi connectivity index (χ1) is 9.96. The van der Waals surface area contributed by atoms with E-state index < -0.39 is 8.32 Å². The van der Waals surface area contributed by atoms with E-state index in [0.29, 0.717) is 6.54 Å². The molecule has 0 amide bonds. The lowest BCUT2D eigenvalue weighted by Gasteiger charge is -2.25. The second-order valence-electron chi connectivity index (χ2n) is 6.02. The van der Waals surface area contributed by atoms with Crippen LogP contribution in [0.25, 0.3) is 0 Å². The molecule has 0 aliphatic rings. The van der Waals surface area contributed by atoms with Gasteiger partial charge in [0.1, 0.15) is 0 Å². The van der Waals surface area contributed by atoms with Crippen LogP contribution in [0.3, 0.4) is 0 Å². The number of aromatic nitrogens is 2. The number of nitrogens with one attached hydrogen (secondary N) is 1. The van der Waals surface area contributed by atoms with Crippen molar-refractivity contribution < 1.29 is 4.43 Å². The van der Waals surface area contributed by atoms with Gasteiger partial charge in [0.25, 0.3) is 0 Å². The molecule has 1 heterocycles. The summed E-state index contributed by atoms with van der Waals surface area (Å²) in [6.45, 7) is 9.22. The molecule has 0 bridgehead atoms. The smallest absolute Gasteiger partial charge is 0.184 e.